The van der Waals surface area contributed by atoms with Crippen LogP contribution in [-0.4, -0.2) is 31.6 Å². The lowest BCUT2D eigenvalue weighted by Gasteiger charge is -1.98. The van der Waals surface area contributed by atoms with E-state index in [1.807, 2.05) is 0 Å². The van der Waals surface area contributed by atoms with Crippen molar-refractivity contribution < 1.29 is 9.59 Å². The zero-order chi connectivity index (χ0) is 20.3. The van der Waals surface area contributed by atoms with E-state index in [0.717, 1.165) is 0 Å². The van der Waals surface area contributed by atoms with E-state index in [1.165, 1.54) is 6.92 Å². The summed E-state index contributed by atoms with van der Waals surface area (Å²) in [6.45, 7) is 1.33. The minimum absolute atomic E-state index is 0.0382. The van der Waals surface area contributed by atoms with Gasteiger partial charge in [-0.3, -0.25) is 19.2 Å². The summed E-state index contributed by atoms with van der Waals surface area (Å²) in [5.74, 6) is -1.14. The van der Waals surface area contributed by atoms with E-state index in [1.54, 1.807) is 48.5 Å². The van der Waals surface area contributed by atoms with Gasteiger partial charge in [-0.1, -0.05) is 24.3 Å². The van der Waals surface area contributed by atoms with Gasteiger partial charge in [0, 0.05) is 6.92 Å². The lowest BCUT2D eigenvalue weighted by molar-refractivity contribution is 0.0990. The molecule has 1 amide bonds. The Balaban J connectivity index is 0.000000161. The number of primary amides is 1. The van der Waals surface area contributed by atoms with Crippen LogP contribution in [0.2, 0.25) is 0 Å². The molecule has 0 aliphatic carbocycles. The number of amides is 1. The van der Waals surface area contributed by atoms with E-state index in [-0.39, 0.29) is 17.2 Å². The number of nitrogens with two attached hydrogens (primary N) is 1. The van der Waals surface area contributed by atoms with Crippen molar-refractivity contribution in [3.8, 4) is 0 Å². The number of aromatic amines is 2. The van der Waals surface area contributed by atoms with Crippen molar-refractivity contribution in [1.29, 1.82) is 0 Å². The number of hydrogen-bond acceptors (Lipinski definition) is 6. The quantitative estimate of drug-likeness (QED) is 0.446. The van der Waals surface area contributed by atoms with Gasteiger partial charge in [-0.2, -0.15) is 0 Å². The molecule has 0 atom stereocenters. The molecule has 9 heteroatoms. The molecule has 9 nitrogen and oxygen atoms in total. The molecule has 4 rings (SSSR count). The molecule has 0 fully saturated rings. The first-order valence-corrected chi connectivity index (χ1v) is 8.15. The van der Waals surface area contributed by atoms with Crippen LogP contribution in [0.4, 0.5) is 0 Å². The first-order valence-electron chi connectivity index (χ1n) is 8.15. The molecule has 2 aromatic heterocycles. The van der Waals surface area contributed by atoms with Crippen LogP contribution >= 0.6 is 0 Å². The summed E-state index contributed by atoms with van der Waals surface area (Å²) in [6.07, 6.45) is 0. The third-order valence-electron chi connectivity index (χ3n) is 3.77. The molecule has 0 unspecified atom stereocenters. The van der Waals surface area contributed by atoms with Gasteiger partial charge in [0.15, 0.2) is 17.2 Å². The van der Waals surface area contributed by atoms with E-state index in [4.69, 9.17) is 5.73 Å². The summed E-state index contributed by atoms with van der Waals surface area (Å²) >= 11 is 0. The van der Waals surface area contributed by atoms with E-state index >= 15 is 0 Å². The second-order valence-corrected chi connectivity index (χ2v) is 5.78. The maximum absolute atomic E-state index is 11.3. The third kappa shape index (κ3) is 3.83. The fourth-order valence-electron chi connectivity index (χ4n) is 2.46. The highest BCUT2D eigenvalue weighted by atomic mass is 16.2. The van der Waals surface area contributed by atoms with Gasteiger partial charge in [0.2, 0.25) is 0 Å². The number of fused-ring (bicyclic) bond motifs is 2. The number of para-hydroxylation sites is 4. The van der Waals surface area contributed by atoms with Crippen molar-refractivity contribution in [2.45, 2.75) is 6.92 Å². The lowest BCUT2D eigenvalue weighted by atomic mass is 10.2. The number of benzene rings is 2. The van der Waals surface area contributed by atoms with Gasteiger partial charge in [-0.15, -0.1) is 0 Å². The highest BCUT2D eigenvalue weighted by molar-refractivity contribution is 5.93. The van der Waals surface area contributed by atoms with Crippen molar-refractivity contribution in [3.05, 3.63) is 80.6 Å². The second-order valence-electron chi connectivity index (χ2n) is 5.78. The van der Waals surface area contributed by atoms with Crippen LogP contribution in [0.5, 0.6) is 0 Å². The lowest BCUT2D eigenvalue weighted by Crippen LogP contribution is -2.25. The van der Waals surface area contributed by atoms with Gasteiger partial charge in [-0.25, -0.2) is 9.97 Å². The smallest absolute Gasteiger partial charge is 0.280 e. The largest absolute Gasteiger partial charge is 0.364 e. The Morgan fingerprint density at radius 2 is 1.21 bits per heavy atom. The SMILES string of the molecule is CC(=O)c1nc2ccccc2[nH]c1=O.NC(=O)c1nc2ccccc2[nH]c1=O. The summed E-state index contributed by atoms with van der Waals surface area (Å²) in [5.41, 5.74) is 6.08. The fraction of sp³-hybridized carbons (Fsp3) is 0.0526. The molecule has 2 heterocycles. The van der Waals surface area contributed by atoms with Gasteiger partial charge >= 0.3 is 0 Å². The Kier molecular flexibility index (Phi) is 5.07. The molecule has 140 valence electrons. The maximum Gasteiger partial charge on any atom is 0.280 e. The van der Waals surface area contributed by atoms with E-state index in [9.17, 15) is 19.2 Å². The van der Waals surface area contributed by atoms with Crippen LogP contribution in [0.3, 0.4) is 0 Å². The Morgan fingerprint density at radius 3 is 1.68 bits per heavy atom. The first kappa shape index (κ1) is 18.6. The van der Waals surface area contributed by atoms with Gasteiger partial charge in [-0.05, 0) is 24.3 Å². The van der Waals surface area contributed by atoms with Crippen LogP contribution in [0.25, 0.3) is 22.1 Å². The normalized spacial score (nSPS) is 10.3. The fourth-order valence-corrected chi connectivity index (χ4v) is 2.46. The topological polar surface area (TPSA) is 152 Å². The molecule has 28 heavy (non-hydrogen) atoms. The number of aromatic nitrogens is 4. The van der Waals surface area contributed by atoms with Crippen molar-refractivity contribution >= 4 is 33.8 Å². The predicted molar refractivity (Wildman–Crippen MR) is 103 cm³/mol. The number of ketones is 1. The van der Waals surface area contributed by atoms with Gasteiger partial charge in [0.05, 0.1) is 22.1 Å². The number of H-pyrrole nitrogens is 2. The Bertz CT molecular complexity index is 1220. The van der Waals surface area contributed by atoms with E-state index in [2.05, 4.69) is 19.9 Å². The predicted octanol–water partition coefficient (Wildman–Crippen LogP) is 1.15. The molecule has 0 aliphatic rings. The first-order chi connectivity index (χ1) is 13.4. The maximum atomic E-state index is 11.3. The molecule has 2 aromatic carbocycles. The van der Waals surface area contributed by atoms with Gasteiger partial charge < -0.3 is 15.7 Å². The van der Waals surface area contributed by atoms with Crippen LogP contribution < -0.4 is 16.9 Å². The number of carbonyl (C=O) groups is 2. The van der Waals surface area contributed by atoms with Crippen molar-refractivity contribution in [3.63, 3.8) is 0 Å². The summed E-state index contributed by atoms with van der Waals surface area (Å²) in [4.78, 5) is 57.4. The zero-order valence-electron chi connectivity index (χ0n) is 14.7. The Morgan fingerprint density at radius 1 is 0.786 bits per heavy atom. The number of nitrogens with one attached hydrogen (secondary N) is 2. The highest BCUT2D eigenvalue weighted by Crippen LogP contribution is 2.06. The number of hydrogen-bond donors (Lipinski definition) is 3. The molecule has 0 aliphatic heterocycles. The second kappa shape index (κ2) is 7.62. The number of rotatable bonds is 2. The molecular weight excluding hydrogens is 362 g/mol. The molecule has 0 spiro atoms. The van der Waals surface area contributed by atoms with Crippen molar-refractivity contribution in [2.75, 3.05) is 0 Å². The summed E-state index contributed by atoms with van der Waals surface area (Å²) in [6, 6.07) is 14.0. The third-order valence-corrected chi connectivity index (χ3v) is 3.77. The minimum Gasteiger partial charge on any atom is -0.364 e. The van der Waals surface area contributed by atoms with E-state index < -0.39 is 17.0 Å². The van der Waals surface area contributed by atoms with Gasteiger partial charge in [0.1, 0.15) is 0 Å². The van der Waals surface area contributed by atoms with Crippen LogP contribution in [-0.2, 0) is 0 Å². The molecule has 0 radical (unpaired) electrons. The molecule has 4 aromatic rings. The van der Waals surface area contributed by atoms with Crippen LogP contribution in [0.1, 0.15) is 27.9 Å². The summed E-state index contributed by atoms with van der Waals surface area (Å²) in [5, 5.41) is 0. The van der Waals surface area contributed by atoms with E-state index in [0.29, 0.717) is 22.1 Å². The van der Waals surface area contributed by atoms with Gasteiger partial charge in [0.25, 0.3) is 17.0 Å². The van der Waals surface area contributed by atoms with Crippen molar-refractivity contribution in [1.82, 2.24) is 19.9 Å². The molecule has 4 N–H and O–H groups in total. The molecular formula is C19H15N5O4. The molecule has 0 saturated heterocycles. The molecule has 0 saturated carbocycles. The van der Waals surface area contributed by atoms with Crippen LogP contribution in [0, 0.1) is 0 Å². The van der Waals surface area contributed by atoms with Crippen molar-refractivity contribution in [2.24, 2.45) is 5.73 Å². The Labute approximate surface area is 157 Å². The van der Waals surface area contributed by atoms with Crippen LogP contribution in [0.15, 0.2) is 58.1 Å². The number of nitrogens with zero attached hydrogens (tertiary/aromatic N) is 2. The average Bonchev–Trinajstić information content (AvgIpc) is 2.67. The molecule has 0 bridgehead atoms. The highest BCUT2D eigenvalue weighted by Gasteiger charge is 2.09. The zero-order valence-corrected chi connectivity index (χ0v) is 14.7. The summed E-state index contributed by atoms with van der Waals surface area (Å²) in [7, 11) is 0. The summed E-state index contributed by atoms with van der Waals surface area (Å²) < 4.78 is 0. The Hall–Kier alpha value is -4.14. The standard InChI is InChI=1S/C10H8N2O2.C9H7N3O2/c1-6(13)9-10(14)12-8-5-3-2-4-7(8)11-9;10-8(13)7-9(14)12-6-4-2-1-3-5(6)11-7/h2-5H,1H3,(H,12,14);1-4H,(H2,10,13)(H,12,14). The number of Topliss-reactive ketones (excluding diaryl/α,β-unsaturated/α-hetero) is 1. The monoisotopic (exact) mass is 377 g/mol. The average molecular weight is 377 g/mol. The minimum atomic E-state index is -0.822. The number of carbonyl (C=O) groups excluding carboxylic acids is 2.